The molecule has 0 aromatic carbocycles. The molecule has 1 aliphatic rings. The molecule has 0 bridgehead atoms. The van der Waals surface area contributed by atoms with Gasteiger partial charge < -0.3 is 10.2 Å². The van der Waals surface area contributed by atoms with Gasteiger partial charge in [0.2, 0.25) is 0 Å². The van der Waals surface area contributed by atoms with E-state index in [2.05, 4.69) is 32.2 Å². The second-order valence-electron chi connectivity index (χ2n) is 6.31. The lowest BCUT2D eigenvalue weighted by atomic mass is 9.92. The zero-order valence-electron chi connectivity index (χ0n) is 14.2. The molecule has 126 valence electrons. The fourth-order valence-electron chi connectivity index (χ4n) is 3.06. The number of hydrogen-bond donors (Lipinski definition) is 1. The minimum atomic E-state index is -0.182. The van der Waals surface area contributed by atoms with Gasteiger partial charge >= 0.3 is 0 Å². The van der Waals surface area contributed by atoms with Crippen molar-refractivity contribution in [1.29, 1.82) is 0 Å². The first-order valence-corrected chi connectivity index (χ1v) is 8.33. The molecule has 0 radical (unpaired) electrons. The molecule has 0 spiro atoms. The van der Waals surface area contributed by atoms with E-state index in [1.807, 2.05) is 19.1 Å². The molecule has 1 N–H and O–H groups in total. The number of carbonyl (C=O) groups excluding carboxylic acids is 1. The third-order valence-electron chi connectivity index (χ3n) is 4.45. The van der Waals surface area contributed by atoms with Crippen LogP contribution in [0.1, 0.15) is 46.3 Å². The van der Waals surface area contributed by atoms with Gasteiger partial charge in [-0.3, -0.25) is 14.8 Å². The van der Waals surface area contributed by atoms with Crippen LogP contribution in [0.15, 0.2) is 30.6 Å². The third-order valence-corrected chi connectivity index (χ3v) is 4.45. The van der Waals surface area contributed by atoms with Crippen molar-refractivity contribution < 1.29 is 4.79 Å². The monoisotopic (exact) mass is 325 g/mol. The lowest BCUT2D eigenvalue weighted by Gasteiger charge is -2.29. The molecule has 0 atom stereocenters. The van der Waals surface area contributed by atoms with Gasteiger partial charge in [-0.2, -0.15) is 0 Å². The number of pyridine rings is 1. The molecule has 3 heterocycles. The average Bonchev–Trinajstić information content (AvgIpc) is 2.61. The summed E-state index contributed by atoms with van der Waals surface area (Å²) in [6.45, 7) is 4.39. The zero-order valence-corrected chi connectivity index (χ0v) is 14.2. The van der Waals surface area contributed by atoms with Crippen molar-refractivity contribution in [2.45, 2.75) is 32.2 Å². The Morgan fingerprint density at radius 1 is 1.25 bits per heavy atom. The molecule has 1 saturated heterocycles. The normalized spacial score (nSPS) is 16.1. The van der Waals surface area contributed by atoms with Gasteiger partial charge in [-0.15, -0.1) is 0 Å². The first-order chi connectivity index (χ1) is 11.6. The Kier molecular flexibility index (Phi) is 5.15. The lowest BCUT2D eigenvalue weighted by molar-refractivity contribution is 0.0945. The highest BCUT2D eigenvalue weighted by atomic mass is 16.1. The number of rotatable bonds is 4. The first kappa shape index (κ1) is 16.5. The fourth-order valence-corrected chi connectivity index (χ4v) is 3.06. The van der Waals surface area contributed by atoms with Crippen molar-refractivity contribution in [3.63, 3.8) is 0 Å². The molecule has 1 fully saturated rings. The Hall–Kier alpha value is -2.34. The second-order valence-corrected chi connectivity index (χ2v) is 6.31. The van der Waals surface area contributed by atoms with Crippen molar-refractivity contribution in [3.8, 4) is 0 Å². The summed E-state index contributed by atoms with van der Waals surface area (Å²) in [5.74, 6) is 0.234. The SMILES string of the molecule is Cc1cccc(C(=O)NCc2nccnc2C2CCN(C)CC2)n1. The van der Waals surface area contributed by atoms with Crippen molar-refractivity contribution in [2.24, 2.45) is 0 Å². The van der Waals surface area contributed by atoms with Crippen LogP contribution in [-0.4, -0.2) is 45.9 Å². The Morgan fingerprint density at radius 3 is 2.75 bits per heavy atom. The molecule has 6 nitrogen and oxygen atoms in total. The smallest absolute Gasteiger partial charge is 0.270 e. The van der Waals surface area contributed by atoms with E-state index in [0.29, 0.717) is 18.2 Å². The molecule has 24 heavy (non-hydrogen) atoms. The van der Waals surface area contributed by atoms with E-state index in [0.717, 1.165) is 43.0 Å². The van der Waals surface area contributed by atoms with Gasteiger partial charge in [0.15, 0.2) is 0 Å². The number of aromatic nitrogens is 3. The van der Waals surface area contributed by atoms with Gasteiger partial charge in [0.25, 0.3) is 5.91 Å². The van der Waals surface area contributed by atoms with Gasteiger partial charge in [-0.1, -0.05) is 6.07 Å². The fraction of sp³-hybridized carbons (Fsp3) is 0.444. The maximum Gasteiger partial charge on any atom is 0.270 e. The quantitative estimate of drug-likeness (QED) is 0.930. The highest BCUT2D eigenvalue weighted by molar-refractivity contribution is 5.92. The van der Waals surface area contributed by atoms with E-state index in [4.69, 9.17) is 0 Å². The van der Waals surface area contributed by atoms with E-state index in [1.165, 1.54) is 0 Å². The van der Waals surface area contributed by atoms with Crippen LogP contribution in [0.3, 0.4) is 0 Å². The molecule has 3 rings (SSSR count). The number of aryl methyl sites for hydroxylation is 1. The molecule has 2 aromatic heterocycles. The van der Waals surface area contributed by atoms with E-state index >= 15 is 0 Å². The van der Waals surface area contributed by atoms with Crippen LogP contribution in [0.4, 0.5) is 0 Å². The van der Waals surface area contributed by atoms with Crippen LogP contribution >= 0.6 is 0 Å². The van der Waals surface area contributed by atoms with E-state index < -0.39 is 0 Å². The van der Waals surface area contributed by atoms with Crippen LogP contribution in [0.25, 0.3) is 0 Å². The van der Waals surface area contributed by atoms with Crippen LogP contribution < -0.4 is 5.32 Å². The highest BCUT2D eigenvalue weighted by Crippen LogP contribution is 2.27. The maximum atomic E-state index is 12.3. The van der Waals surface area contributed by atoms with Gasteiger partial charge in [-0.25, -0.2) is 4.98 Å². The Balaban J connectivity index is 1.68. The van der Waals surface area contributed by atoms with Crippen molar-refractivity contribution in [1.82, 2.24) is 25.2 Å². The Labute approximate surface area is 142 Å². The zero-order chi connectivity index (χ0) is 16.9. The molecular weight excluding hydrogens is 302 g/mol. The largest absolute Gasteiger partial charge is 0.345 e. The maximum absolute atomic E-state index is 12.3. The predicted octanol–water partition coefficient (Wildman–Crippen LogP) is 1.92. The summed E-state index contributed by atoms with van der Waals surface area (Å²) in [6, 6.07) is 5.43. The molecule has 0 saturated carbocycles. The highest BCUT2D eigenvalue weighted by Gasteiger charge is 2.22. The molecule has 0 unspecified atom stereocenters. The molecule has 2 aromatic rings. The first-order valence-electron chi connectivity index (χ1n) is 8.33. The number of carbonyl (C=O) groups is 1. The topological polar surface area (TPSA) is 71.0 Å². The van der Waals surface area contributed by atoms with Crippen molar-refractivity contribution >= 4 is 5.91 Å². The lowest BCUT2D eigenvalue weighted by Crippen LogP contribution is -2.31. The molecule has 1 aliphatic heterocycles. The summed E-state index contributed by atoms with van der Waals surface area (Å²) in [5, 5.41) is 2.92. The standard InChI is InChI=1S/C18H23N5O/c1-13-4-3-5-15(22-13)18(24)21-12-16-17(20-9-8-19-16)14-6-10-23(2)11-7-14/h3-5,8-9,14H,6-7,10-12H2,1-2H3,(H,21,24). The predicted molar refractivity (Wildman–Crippen MR) is 91.6 cm³/mol. The van der Waals surface area contributed by atoms with Crippen molar-refractivity contribution in [3.05, 3.63) is 53.4 Å². The van der Waals surface area contributed by atoms with Crippen LogP contribution in [-0.2, 0) is 6.54 Å². The number of amides is 1. The number of nitrogens with zero attached hydrogens (tertiary/aromatic N) is 4. The van der Waals surface area contributed by atoms with Crippen LogP contribution in [0.2, 0.25) is 0 Å². The number of likely N-dealkylation sites (tertiary alicyclic amines) is 1. The van der Waals surface area contributed by atoms with Crippen LogP contribution in [0.5, 0.6) is 0 Å². The second kappa shape index (κ2) is 7.49. The van der Waals surface area contributed by atoms with Gasteiger partial charge in [-0.05, 0) is 52.0 Å². The minimum Gasteiger partial charge on any atom is -0.345 e. The summed E-state index contributed by atoms with van der Waals surface area (Å²) in [4.78, 5) is 27.8. The average molecular weight is 325 g/mol. The summed E-state index contributed by atoms with van der Waals surface area (Å²) < 4.78 is 0. The molecule has 1 amide bonds. The van der Waals surface area contributed by atoms with Gasteiger partial charge in [0.1, 0.15) is 5.69 Å². The number of hydrogen-bond acceptors (Lipinski definition) is 5. The van der Waals surface area contributed by atoms with E-state index in [9.17, 15) is 4.79 Å². The van der Waals surface area contributed by atoms with Gasteiger partial charge in [0, 0.05) is 24.0 Å². The summed E-state index contributed by atoms with van der Waals surface area (Å²) in [7, 11) is 2.14. The minimum absolute atomic E-state index is 0.182. The number of piperidine rings is 1. The molecule has 6 heteroatoms. The Bertz CT molecular complexity index is 710. The van der Waals surface area contributed by atoms with Gasteiger partial charge in [0.05, 0.1) is 17.9 Å². The summed E-state index contributed by atoms with van der Waals surface area (Å²) in [6.07, 6.45) is 5.58. The Morgan fingerprint density at radius 2 is 2.00 bits per heavy atom. The summed E-state index contributed by atoms with van der Waals surface area (Å²) in [5.41, 5.74) is 3.13. The number of nitrogens with one attached hydrogen (secondary N) is 1. The summed E-state index contributed by atoms with van der Waals surface area (Å²) >= 11 is 0. The van der Waals surface area contributed by atoms with Crippen LogP contribution in [0, 0.1) is 6.92 Å². The third kappa shape index (κ3) is 3.94. The van der Waals surface area contributed by atoms with E-state index in [1.54, 1.807) is 18.5 Å². The molecular formula is C18H23N5O. The molecule has 0 aliphatic carbocycles. The van der Waals surface area contributed by atoms with E-state index in [-0.39, 0.29) is 5.91 Å². The van der Waals surface area contributed by atoms with Crippen molar-refractivity contribution in [2.75, 3.05) is 20.1 Å².